The van der Waals surface area contributed by atoms with Crippen LogP contribution in [0.5, 0.6) is 0 Å². The molecule has 1 aromatic carbocycles. The molecule has 118 valence electrons. The van der Waals surface area contributed by atoms with E-state index < -0.39 is 10.0 Å². The molecule has 0 aromatic heterocycles. The first kappa shape index (κ1) is 16.3. The van der Waals surface area contributed by atoms with Crippen molar-refractivity contribution >= 4 is 15.7 Å². The lowest BCUT2D eigenvalue weighted by Crippen LogP contribution is -2.46. The van der Waals surface area contributed by atoms with Gasteiger partial charge in [-0.1, -0.05) is 39.8 Å². The van der Waals surface area contributed by atoms with E-state index in [9.17, 15) is 8.42 Å². The fourth-order valence-corrected chi connectivity index (χ4v) is 5.31. The van der Waals surface area contributed by atoms with Crippen LogP contribution < -0.4 is 10.5 Å². The maximum atomic E-state index is 12.6. The average Bonchev–Trinajstić information content (AvgIpc) is 2.23. The molecule has 0 radical (unpaired) electrons. The fraction of sp³-hybridized carbons (Fsp3) is 0.625. The lowest BCUT2D eigenvalue weighted by atomic mass is 9.64. The van der Waals surface area contributed by atoms with Crippen molar-refractivity contribution in [2.24, 2.45) is 10.8 Å². The van der Waals surface area contributed by atoms with Gasteiger partial charge in [0.2, 0.25) is 10.0 Å². The molecule has 0 bridgehead atoms. The molecule has 4 nitrogen and oxygen atoms in total. The van der Waals surface area contributed by atoms with Gasteiger partial charge in [0.15, 0.2) is 0 Å². The number of hydrogen-bond acceptors (Lipinski definition) is 3. The number of benzene rings is 1. The Labute approximate surface area is 128 Å². The summed E-state index contributed by atoms with van der Waals surface area (Å²) in [6, 6.07) is 6.55. The Morgan fingerprint density at radius 1 is 1.10 bits per heavy atom. The molecule has 1 aromatic rings. The van der Waals surface area contributed by atoms with Crippen molar-refractivity contribution in [3.8, 4) is 0 Å². The maximum absolute atomic E-state index is 12.6. The molecule has 1 saturated carbocycles. The van der Waals surface area contributed by atoms with Crippen molar-refractivity contribution in [3.05, 3.63) is 24.3 Å². The molecule has 5 heteroatoms. The Kier molecular flexibility index (Phi) is 4.10. The van der Waals surface area contributed by atoms with Crippen LogP contribution in [0.25, 0.3) is 0 Å². The van der Waals surface area contributed by atoms with E-state index in [-0.39, 0.29) is 21.8 Å². The van der Waals surface area contributed by atoms with Crippen LogP contribution in [0.4, 0.5) is 5.69 Å². The van der Waals surface area contributed by atoms with Crippen LogP contribution in [0.1, 0.15) is 47.0 Å². The fourth-order valence-electron chi connectivity index (χ4n) is 3.94. The Hall–Kier alpha value is -1.07. The second-order valence-corrected chi connectivity index (χ2v) is 9.45. The monoisotopic (exact) mass is 310 g/mol. The summed E-state index contributed by atoms with van der Waals surface area (Å²) in [7, 11) is -3.57. The molecular formula is C16H26N2O2S. The Bertz CT molecular complexity index is 605. The van der Waals surface area contributed by atoms with Crippen LogP contribution in [0.15, 0.2) is 29.2 Å². The second-order valence-electron chi connectivity index (χ2n) is 7.77. The van der Waals surface area contributed by atoms with Gasteiger partial charge in [0.05, 0.1) is 5.69 Å². The molecule has 21 heavy (non-hydrogen) atoms. The quantitative estimate of drug-likeness (QED) is 0.842. The summed E-state index contributed by atoms with van der Waals surface area (Å²) < 4.78 is 28.0. The summed E-state index contributed by atoms with van der Waals surface area (Å²) in [5.74, 6) is 0. The molecule has 0 heterocycles. The second kappa shape index (κ2) is 5.29. The van der Waals surface area contributed by atoms with Gasteiger partial charge in [0, 0.05) is 6.04 Å². The van der Waals surface area contributed by atoms with E-state index in [0.717, 1.165) is 19.3 Å². The SMILES string of the molecule is CC1(C)CC(NS(=O)(=O)c2ccccc2N)CC(C)(C)C1. The number of anilines is 1. The van der Waals surface area contributed by atoms with E-state index in [2.05, 4.69) is 32.4 Å². The van der Waals surface area contributed by atoms with E-state index in [4.69, 9.17) is 5.73 Å². The van der Waals surface area contributed by atoms with Gasteiger partial charge >= 0.3 is 0 Å². The summed E-state index contributed by atoms with van der Waals surface area (Å²) in [6.07, 6.45) is 2.80. The first-order chi connectivity index (χ1) is 9.51. The van der Waals surface area contributed by atoms with Crippen LogP contribution in [-0.2, 0) is 10.0 Å². The highest BCUT2D eigenvalue weighted by molar-refractivity contribution is 7.89. The van der Waals surface area contributed by atoms with E-state index in [0.29, 0.717) is 5.69 Å². The van der Waals surface area contributed by atoms with Crippen LogP contribution in [0.3, 0.4) is 0 Å². The standard InChI is InChI=1S/C16H26N2O2S/c1-15(2)9-12(10-16(3,4)11-15)18-21(19,20)14-8-6-5-7-13(14)17/h5-8,12,18H,9-11,17H2,1-4H3. The molecule has 3 N–H and O–H groups in total. The Morgan fingerprint density at radius 3 is 2.14 bits per heavy atom. The van der Waals surface area contributed by atoms with Crippen LogP contribution in [-0.4, -0.2) is 14.5 Å². The maximum Gasteiger partial charge on any atom is 0.242 e. The van der Waals surface area contributed by atoms with Crippen LogP contribution in [0, 0.1) is 10.8 Å². The molecule has 0 amide bonds. The van der Waals surface area contributed by atoms with E-state index in [1.165, 1.54) is 0 Å². The van der Waals surface area contributed by atoms with Gasteiger partial charge in [-0.15, -0.1) is 0 Å². The van der Waals surface area contributed by atoms with Crippen molar-refractivity contribution < 1.29 is 8.42 Å². The van der Waals surface area contributed by atoms with E-state index in [1.807, 2.05) is 0 Å². The molecule has 0 spiro atoms. The zero-order valence-corrected chi connectivity index (χ0v) is 14.1. The molecule has 0 aliphatic heterocycles. The highest BCUT2D eigenvalue weighted by Crippen LogP contribution is 2.45. The Balaban J connectivity index is 2.23. The third-order valence-electron chi connectivity index (χ3n) is 4.09. The van der Waals surface area contributed by atoms with E-state index >= 15 is 0 Å². The van der Waals surface area contributed by atoms with Crippen molar-refractivity contribution in [2.75, 3.05) is 5.73 Å². The molecule has 0 unspecified atom stereocenters. The van der Waals surface area contributed by atoms with Gasteiger partial charge in [-0.25, -0.2) is 13.1 Å². The highest BCUT2D eigenvalue weighted by atomic mass is 32.2. The summed E-state index contributed by atoms with van der Waals surface area (Å²) in [6.45, 7) is 8.80. The van der Waals surface area contributed by atoms with Crippen molar-refractivity contribution in [1.29, 1.82) is 0 Å². The number of rotatable bonds is 3. The molecule has 2 rings (SSSR count). The molecular weight excluding hydrogens is 284 g/mol. The van der Waals surface area contributed by atoms with Gasteiger partial charge < -0.3 is 5.73 Å². The predicted octanol–water partition coefficient (Wildman–Crippen LogP) is 3.15. The summed E-state index contributed by atoms with van der Waals surface area (Å²) >= 11 is 0. The van der Waals surface area contributed by atoms with Gasteiger partial charge in [0.25, 0.3) is 0 Å². The zero-order chi connectivity index (χ0) is 15.9. The van der Waals surface area contributed by atoms with Gasteiger partial charge in [-0.05, 0) is 42.2 Å². The minimum absolute atomic E-state index is 0.0478. The largest absolute Gasteiger partial charge is 0.398 e. The van der Waals surface area contributed by atoms with Crippen molar-refractivity contribution in [2.45, 2.75) is 57.9 Å². The molecule has 1 fully saturated rings. The average molecular weight is 310 g/mol. The van der Waals surface area contributed by atoms with Crippen molar-refractivity contribution in [3.63, 3.8) is 0 Å². The first-order valence-corrected chi connectivity index (χ1v) is 8.86. The number of sulfonamides is 1. The number of nitrogens with one attached hydrogen (secondary N) is 1. The molecule has 1 aliphatic rings. The predicted molar refractivity (Wildman–Crippen MR) is 86.4 cm³/mol. The molecule has 1 aliphatic carbocycles. The zero-order valence-electron chi connectivity index (χ0n) is 13.3. The highest BCUT2D eigenvalue weighted by Gasteiger charge is 2.40. The number of nitrogens with two attached hydrogens (primary N) is 1. The number of nitrogen functional groups attached to an aromatic ring is 1. The smallest absolute Gasteiger partial charge is 0.242 e. The third-order valence-corrected chi connectivity index (χ3v) is 5.68. The Morgan fingerprint density at radius 2 is 1.62 bits per heavy atom. The van der Waals surface area contributed by atoms with Crippen molar-refractivity contribution in [1.82, 2.24) is 4.72 Å². The lowest BCUT2D eigenvalue weighted by Gasteiger charge is -2.45. The molecule has 0 atom stereocenters. The van der Waals surface area contributed by atoms with Crippen LogP contribution in [0.2, 0.25) is 0 Å². The summed E-state index contributed by atoms with van der Waals surface area (Å²) in [4.78, 5) is 0.172. The normalized spacial score (nSPS) is 22.1. The van der Waals surface area contributed by atoms with E-state index in [1.54, 1.807) is 24.3 Å². The van der Waals surface area contributed by atoms with Crippen LogP contribution >= 0.6 is 0 Å². The lowest BCUT2D eigenvalue weighted by molar-refractivity contribution is 0.0934. The third kappa shape index (κ3) is 3.98. The number of para-hydroxylation sites is 1. The number of hydrogen-bond donors (Lipinski definition) is 2. The topological polar surface area (TPSA) is 72.2 Å². The molecule has 0 saturated heterocycles. The first-order valence-electron chi connectivity index (χ1n) is 7.38. The van der Waals surface area contributed by atoms with Gasteiger partial charge in [-0.2, -0.15) is 0 Å². The van der Waals surface area contributed by atoms with Gasteiger partial charge in [-0.3, -0.25) is 0 Å². The minimum Gasteiger partial charge on any atom is -0.398 e. The summed E-state index contributed by atoms with van der Waals surface area (Å²) in [5.41, 5.74) is 6.36. The minimum atomic E-state index is -3.57. The van der Waals surface area contributed by atoms with Gasteiger partial charge in [0.1, 0.15) is 4.90 Å². The summed E-state index contributed by atoms with van der Waals surface area (Å²) in [5, 5.41) is 0.